The Balaban J connectivity index is 1.92. The molecule has 0 fully saturated rings. The fourth-order valence-electron chi connectivity index (χ4n) is 2.77. The summed E-state index contributed by atoms with van der Waals surface area (Å²) in [4.78, 5) is -0.551. The Morgan fingerprint density at radius 2 is 2.14 bits per heavy atom. The predicted octanol–water partition coefficient (Wildman–Crippen LogP) is 2.05. The molecule has 0 radical (unpaired) electrons. The minimum atomic E-state index is -4.07. The van der Waals surface area contributed by atoms with Gasteiger partial charge in [-0.25, -0.2) is 21.9 Å². The standard InChI is InChI=1S/C14H15F2N3O2S/c1-19-13-4-2-3-12(10(13)8-17-19)18-22(20,21)14-6-5-9(15)7-11(14)16/h5-8,12,18H,2-4H2,1H3. The number of nitrogens with zero attached hydrogens (tertiary/aromatic N) is 2. The number of nitrogens with one attached hydrogen (secondary N) is 1. The highest BCUT2D eigenvalue weighted by molar-refractivity contribution is 7.89. The Labute approximate surface area is 127 Å². The minimum absolute atomic E-state index is 0.452. The van der Waals surface area contributed by atoms with Crippen LogP contribution in [0.4, 0.5) is 8.78 Å². The van der Waals surface area contributed by atoms with Crippen molar-refractivity contribution in [3.63, 3.8) is 0 Å². The van der Waals surface area contributed by atoms with Crippen molar-refractivity contribution in [3.8, 4) is 0 Å². The van der Waals surface area contributed by atoms with Crippen molar-refractivity contribution in [2.45, 2.75) is 30.2 Å². The molecule has 0 aliphatic heterocycles. The summed E-state index contributed by atoms with van der Waals surface area (Å²) in [7, 11) is -2.27. The van der Waals surface area contributed by atoms with Gasteiger partial charge in [0.1, 0.15) is 16.5 Å². The molecule has 2 aromatic rings. The molecule has 0 bridgehead atoms. The van der Waals surface area contributed by atoms with Crippen LogP contribution in [0.25, 0.3) is 0 Å². The Hall–Kier alpha value is -1.80. The highest BCUT2D eigenvalue weighted by Crippen LogP contribution is 2.30. The fraction of sp³-hybridized carbons (Fsp3) is 0.357. The molecule has 1 aromatic carbocycles. The van der Waals surface area contributed by atoms with Gasteiger partial charge in [0.05, 0.1) is 12.2 Å². The van der Waals surface area contributed by atoms with E-state index in [0.29, 0.717) is 12.5 Å². The molecule has 1 heterocycles. The van der Waals surface area contributed by atoms with Crippen LogP contribution in [-0.4, -0.2) is 18.2 Å². The summed E-state index contributed by atoms with van der Waals surface area (Å²) in [6, 6.07) is 1.96. The molecule has 0 saturated heterocycles. The van der Waals surface area contributed by atoms with Gasteiger partial charge in [0.2, 0.25) is 10.0 Å². The smallest absolute Gasteiger partial charge is 0.244 e. The van der Waals surface area contributed by atoms with Crippen molar-refractivity contribution in [2.24, 2.45) is 7.05 Å². The zero-order valence-electron chi connectivity index (χ0n) is 11.9. The third kappa shape index (κ3) is 2.64. The van der Waals surface area contributed by atoms with Crippen LogP contribution >= 0.6 is 0 Å². The number of rotatable bonds is 3. The lowest BCUT2D eigenvalue weighted by atomic mass is 9.94. The number of fused-ring (bicyclic) bond motifs is 1. The van der Waals surface area contributed by atoms with Crippen LogP contribution in [0.5, 0.6) is 0 Å². The molecular formula is C14H15F2N3O2S. The third-order valence-corrected chi connectivity index (χ3v) is 5.36. The Morgan fingerprint density at radius 1 is 1.36 bits per heavy atom. The largest absolute Gasteiger partial charge is 0.272 e. The number of hydrogen-bond acceptors (Lipinski definition) is 3. The van der Waals surface area contributed by atoms with Crippen LogP contribution in [0.2, 0.25) is 0 Å². The van der Waals surface area contributed by atoms with Gasteiger partial charge in [-0.2, -0.15) is 5.10 Å². The molecule has 3 rings (SSSR count). The van der Waals surface area contributed by atoms with Crippen molar-refractivity contribution in [2.75, 3.05) is 0 Å². The molecule has 1 aliphatic carbocycles. The maximum Gasteiger partial charge on any atom is 0.244 e. The molecule has 1 unspecified atom stereocenters. The summed E-state index contributed by atoms with van der Waals surface area (Å²) in [6.45, 7) is 0. The van der Waals surface area contributed by atoms with E-state index in [9.17, 15) is 17.2 Å². The van der Waals surface area contributed by atoms with Crippen LogP contribution in [0.3, 0.4) is 0 Å². The van der Waals surface area contributed by atoms with Crippen molar-refractivity contribution in [1.82, 2.24) is 14.5 Å². The first-order valence-electron chi connectivity index (χ1n) is 6.86. The van der Waals surface area contributed by atoms with Crippen molar-refractivity contribution in [1.29, 1.82) is 0 Å². The maximum atomic E-state index is 13.7. The minimum Gasteiger partial charge on any atom is -0.272 e. The molecule has 0 saturated carbocycles. The van der Waals surface area contributed by atoms with E-state index < -0.39 is 32.6 Å². The van der Waals surface area contributed by atoms with E-state index >= 15 is 0 Å². The zero-order valence-corrected chi connectivity index (χ0v) is 12.7. The summed E-state index contributed by atoms with van der Waals surface area (Å²) in [5, 5.41) is 4.14. The van der Waals surface area contributed by atoms with Crippen LogP contribution in [0.1, 0.15) is 30.1 Å². The van der Waals surface area contributed by atoms with E-state index in [0.717, 1.165) is 36.2 Å². The number of halogens is 2. The first kappa shape index (κ1) is 15.1. The maximum absolute atomic E-state index is 13.7. The van der Waals surface area contributed by atoms with Gasteiger partial charge in [0, 0.05) is 24.4 Å². The number of aryl methyl sites for hydroxylation is 1. The van der Waals surface area contributed by atoms with E-state index in [4.69, 9.17) is 0 Å². The van der Waals surface area contributed by atoms with E-state index in [1.54, 1.807) is 17.9 Å². The van der Waals surface area contributed by atoms with E-state index in [2.05, 4.69) is 9.82 Å². The van der Waals surface area contributed by atoms with E-state index in [1.807, 2.05) is 0 Å². The van der Waals surface area contributed by atoms with Gasteiger partial charge in [-0.3, -0.25) is 4.68 Å². The monoisotopic (exact) mass is 327 g/mol. The molecule has 1 aromatic heterocycles. The Bertz CT molecular complexity index is 817. The third-order valence-electron chi connectivity index (χ3n) is 3.86. The van der Waals surface area contributed by atoms with Crippen molar-refractivity contribution < 1.29 is 17.2 Å². The molecule has 118 valence electrons. The van der Waals surface area contributed by atoms with Crippen LogP contribution in [0.15, 0.2) is 29.3 Å². The molecule has 5 nitrogen and oxygen atoms in total. The van der Waals surface area contributed by atoms with Gasteiger partial charge in [-0.05, 0) is 31.4 Å². The van der Waals surface area contributed by atoms with Crippen LogP contribution in [-0.2, 0) is 23.5 Å². The highest BCUT2D eigenvalue weighted by Gasteiger charge is 2.29. The van der Waals surface area contributed by atoms with Gasteiger partial charge in [0.15, 0.2) is 0 Å². The summed E-state index contributed by atoms with van der Waals surface area (Å²) in [5.41, 5.74) is 1.78. The molecule has 8 heteroatoms. The second-order valence-electron chi connectivity index (χ2n) is 5.31. The number of hydrogen-bond donors (Lipinski definition) is 1. The second kappa shape index (κ2) is 5.44. The molecule has 0 amide bonds. The molecule has 1 aliphatic rings. The fourth-order valence-corrected chi connectivity index (χ4v) is 4.08. The average Bonchev–Trinajstić information content (AvgIpc) is 2.81. The van der Waals surface area contributed by atoms with Gasteiger partial charge in [-0.1, -0.05) is 0 Å². The lowest BCUT2D eigenvalue weighted by Gasteiger charge is -2.23. The van der Waals surface area contributed by atoms with Crippen LogP contribution in [0, 0.1) is 11.6 Å². The summed E-state index contributed by atoms with van der Waals surface area (Å²) in [5.74, 6) is -1.92. The lowest BCUT2D eigenvalue weighted by molar-refractivity contribution is 0.492. The number of sulfonamides is 1. The van der Waals surface area contributed by atoms with Gasteiger partial charge in [-0.15, -0.1) is 0 Å². The molecule has 1 atom stereocenters. The predicted molar refractivity (Wildman–Crippen MR) is 75.6 cm³/mol. The Kier molecular flexibility index (Phi) is 3.73. The zero-order chi connectivity index (χ0) is 15.9. The van der Waals surface area contributed by atoms with Crippen molar-refractivity contribution in [3.05, 3.63) is 47.3 Å². The topological polar surface area (TPSA) is 64.0 Å². The van der Waals surface area contributed by atoms with Gasteiger partial charge >= 0.3 is 0 Å². The summed E-state index contributed by atoms with van der Waals surface area (Å²) < 4.78 is 55.6. The van der Waals surface area contributed by atoms with Gasteiger partial charge < -0.3 is 0 Å². The first-order chi connectivity index (χ1) is 10.4. The summed E-state index contributed by atoms with van der Waals surface area (Å²) >= 11 is 0. The van der Waals surface area contributed by atoms with E-state index in [-0.39, 0.29) is 0 Å². The quantitative estimate of drug-likeness (QED) is 0.938. The first-order valence-corrected chi connectivity index (χ1v) is 8.35. The second-order valence-corrected chi connectivity index (χ2v) is 6.99. The highest BCUT2D eigenvalue weighted by atomic mass is 32.2. The van der Waals surface area contributed by atoms with Crippen LogP contribution < -0.4 is 4.72 Å². The van der Waals surface area contributed by atoms with Crippen molar-refractivity contribution >= 4 is 10.0 Å². The normalized spacial score (nSPS) is 18.2. The molecule has 0 spiro atoms. The number of aromatic nitrogens is 2. The molecular weight excluding hydrogens is 312 g/mol. The van der Waals surface area contributed by atoms with Gasteiger partial charge in [0.25, 0.3) is 0 Å². The lowest BCUT2D eigenvalue weighted by Crippen LogP contribution is -2.31. The molecule has 1 N–H and O–H groups in total. The average molecular weight is 327 g/mol. The van der Waals surface area contributed by atoms with E-state index in [1.165, 1.54) is 0 Å². The SMILES string of the molecule is Cn1ncc2c1CCCC2NS(=O)(=O)c1ccc(F)cc1F. The Morgan fingerprint density at radius 3 is 2.86 bits per heavy atom. The molecule has 22 heavy (non-hydrogen) atoms. The summed E-state index contributed by atoms with van der Waals surface area (Å²) in [6.07, 6.45) is 3.88. The number of benzene rings is 1.